The second-order valence-electron chi connectivity index (χ2n) is 2.87. The molecular weight excluding hydrogens is 186 g/mol. The van der Waals surface area contributed by atoms with Gasteiger partial charge in [0.15, 0.2) is 0 Å². The molecule has 0 bridgehead atoms. The molecule has 86 valence electrons. The third-order valence-corrected chi connectivity index (χ3v) is 1.99. The Labute approximate surface area is 93.5 Å². The molecule has 0 aliphatic heterocycles. The summed E-state index contributed by atoms with van der Waals surface area (Å²) in [5, 5.41) is 3.13. The van der Waals surface area contributed by atoms with E-state index in [1.54, 1.807) is 0 Å². The summed E-state index contributed by atoms with van der Waals surface area (Å²) in [6, 6.07) is 6.00. The standard InChI is InChI=1S/C10H17N3.C2H6/c1-3-13(9-8-11-2)10-6-4-5-7-12-10;1-2/h4-7,11H,3,8-9H2,1-2H3;1-2H3. The lowest BCUT2D eigenvalue weighted by molar-refractivity contribution is 0.729. The number of nitrogens with zero attached hydrogens (tertiary/aromatic N) is 2. The van der Waals surface area contributed by atoms with Crippen molar-refractivity contribution in [3.05, 3.63) is 24.4 Å². The van der Waals surface area contributed by atoms with Crippen molar-refractivity contribution in [3.63, 3.8) is 0 Å². The topological polar surface area (TPSA) is 28.2 Å². The van der Waals surface area contributed by atoms with Crippen LogP contribution in [0.3, 0.4) is 0 Å². The van der Waals surface area contributed by atoms with E-state index in [0.29, 0.717) is 0 Å². The highest BCUT2D eigenvalue weighted by atomic mass is 15.2. The zero-order valence-corrected chi connectivity index (χ0v) is 10.3. The van der Waals surface area contributed by atoms with E-state index in [-0.39, 0.29) is 0 Å². The second kappa shape index (κ2) is 9.46. The van der Waals surface area contributed by atoms with Gasteiger partial charge in [-0.1, -0.05) is 19.9 Å². The first-order valence-corrected chi connectivity index (χ1v) is 5.69. The van der Waals surface area contributed by atoms with E-state index in [2.05, 4.69) is 22.1 Å². The first kappa shape index (κ1) is 13.9. The van der Waals surface area contributed by atoms with Crippen LogP contribution in [0.15, 0.2) is 24.4 Å². The van der Waals surface area contributed by atoms with Crippen LogP contribution in [-0.2, 0) is 0 Å². The Morgan fingerprint density at radius 3 is 2.53 bits per heavy atom. The van der Waals surface area contributed by atoms with Crippen molar-refractivity contribution in [2.75, 3.05) is 31.6 Å². The smallest absolute Gasteiger partial charge is 0.128 e. The van der Waals surface area contributed by atoms with E-state index in [1.165, 1.54) is 0 Å². The van der Waals surface area contributed by atoms with Crippen LogP contribution in [0.2, 0.25) is 0 Å². The first-order chi connectivity index (χ1) is 7.38. The number of aromatic nitrogens is 1. The van der Waals surface area contributed by atoms with Gasteiger partial charge in [-0.2, -0.15) is 0 Å². The van der Waals surface area contributed by atoms with E-state index in [4.69, 9.17) is 0 Å². The van der Waals surface area contributed by atoms with E-state index < -0.39 is 0 Å². The lowest BCUT2D eigenvalue weighted by Gasteiger charge is -2.21. The largest absolute Gasteiger partial charge is 0.356 e. The normalized spacial score (nSPS) is 9.07. The van der Waals surface area contributed by atoms with Crippen molar-refractivity contribution in [2.24, 2.45) is 0 Å². The third kappa shape index (κ3) is 5.37. The predicted octanol–water partition coefficient (Wildman–Crippen LogP) is 2.15. The van der Waals surface area contributed by atoms with E-state index in [0.717, 1.165) is 25.5 Å². The zero-order valence-electron chi connectivity index (χ0n) is 10.3. The van der Waals surface area contributed by atoms with E-state index in [9.17, 15) is 0 Å². The van der Waals surface area contributed by atoms with Crippen LogP contribution in [-0.4, -0.2) is 31.7 Å². The Morgan fingerprint density at radius 1 is 1.33 bits per heavy atom. The summed E-state index contributed by atoms with van der Waals surface area (Å²) in [6.07, 6.45) is 1.83. The molecule has 0 saturated carbocycles. The van der Waals surface area contributed by atoms with Crippen molar-refractivity contribution in [1.29, 1.82) is 0 Å². The molecular formula is C12H23N3. The second-order valence-corrected chi connectivity index (χ2v) is 2.87. The quantitative estimate of drug-likeness (QED) is 0.805. The van der Waals surface area contributed by atoms with Crippen molar-refractivity contribution >= 4 is 5.82 Å². The Hall–Kier alpha value is -1.09. The van der Waals surface area contributed by atoms with Gasteiger partial charge in [-0.25, -0.2) is 4.98 Å². The van der Waals surface area contributed by atoms with Gasteiger partial charge in [-0.3, -0.25) is 0 Å². The van der Waals surface area contributed by atoms with Crippen LogP contribution < -0.4 is 10.2 Å². The Balaban J connectivity index is 0.000000921. The van der Waals surface area contributed by atoms with E-state index >= 15 is 0 Å². The fraction of sp³-hybridized carbons (Fsp3) is 0.583. The van der Waals surface area contributed by atoms with Gasteiger partial charge in [0, 0.05) is 25.8 Å². The van der Waals surface area contributed by atoms with Crippen LogP contribution >= 0.6 is 0 Å². The Morgan fingerprint density at radius 2 is 2.07 bits per heavy atom. The predicted molar refractivity (Wildman–Crippen MR) is 67.4 cm³/mol. The lowest BCUT2D eigenvalue weighted by atomic mass is 10.4. The summed E-state index contributed by atoms with van der Waals surface area (Å²) >= 11 is 0. The molecule has 3 nitrogen and oxygen atoms in total. The maximum atomic E-state index is 4.30. The first-order valence-electron chi connectivity index (χ1n) is 5.69. The number of hydrogen-bond donors (Lipinski definition) is 1. The lowest BCUT2D eigenvalue weighted by Crippen LogP contribution is -2.31. The van der Waals surface area contributed by atoms with Gasteiger partial charge >= 0.3 is 0 Å². The molecule has 0 saturated heterocycles. The Kier molecular flexibility index (Phi) is 8.78. The summed E-state index contributed by atoms with van der Waals surface area (Å²) in [5.74, 6) is 1.06. The van der Waals surface area contributed by atoms with Gasteiger partial charge in [0.1, 0.15) is 5.82 Å². The SMILES string of the molecule is CC.CCN(CCNC)c1ccccn1. The summed E-state index contributed by atoms with van der Waals surface area (Å²) in [4.78, 5) is 6.55. The molecule has 1 aromatic rings. The summed E-state index contributed by atoms with van der Waals surface area (Å²) < 4.78 is 0. The summed E-state index contributed by atoms with van der Waals surface area (Å²) in [7, 11) is 1.96. The van der Waals surface area contributed by atoms with Crippen molar-refractivity contribution in [1.82, 2.24) is 10.3 Å². The fourth-order valence-electron chi connectivity index (χ4n) is 1.22. The molecule has 1 N–H and O–H groups in total. The fourth-order valence-corrected chi connectivity index (χ4v) is 1.22. The minimum Gasteiger partial charge on any atom is -0.356 e. The molecule has 1 rings (SSSR count). The minimum absolute atomic E-state index is 0.990. The number of hydrogen-bond acceptors (Lipinski definition) is 3. The summed E-state index contributed by atoms with van der Waals surface area (Å²) in [6.45, 7) is 9.14. The number of likely N-dealkylation sites (N-methyl/N-ethyl adjacent to an activating group) is 2. The molecule has 0 spiro atoms. The van der Waals surface area contributed by atoms with Gasteiger partial charge < -0.3 is 10.2 Å². The number of rotatable bonds is 5. The maximum absolute atomic E-state index is 4.30. The average Bonchev–Trinajstić information content (AvgIpc) is 2.34. The minimum atomic E-state index is 0.990. The van der Waals surface area contributed by atoms with Crippen LogP contribution in [0.25, 0.3) is 0 Å². The van der Waals surface area contributed by atoms with Crippen molar-refractivity contribution < 1.29 is 0 Å². The zero-order chi connectivity index (χ0) is 11.5. The molecule has 0 aliphatic carbocycles. The molecule has 3 heteroatoms. The van der Waals surface area contributed by atoms with Gasteiger partial charge in [0.05, 0.1) is 0 Å². The highest BCUT2D eigenvalue weighted by Gasteiger charge is 2.02. The van der Waals surface area contributed by atoms with Crippen LogP contribution in [0, 0.1) is 0 Å². The van der Waals surface area contributed by atoms with Crippen LogP contribution in [0.4, 0.5) is 5.82 Å². The van der Waals surface area contributed by atoms with E-state index in [1.807, 2.05) is 45.3 Å². The number of nitrogens with one attached hydrogen (secondary N) is 1. The summed E-state index contributed by atoms with van der Waals surface area (Å²) in [5.41, 5.74) is 0. The molecule has 0 unspecified atom stereocenters. The van der Waals surface area contributed by atoms with Crippen molar-refractivity contribution in [3.8, 4) is 0 Å². The molecule has 0 fully saturated rings. The molecule has 1 aromatic heterocycles. The molecule has 0 aromatic carbocycles. The molecule has 1 heterocycles. The number of anilines is 1. The molecule has 0 atom stereocenters. The van der Waals surface area contributed by atoms with Crippen LogP contribution in [0.5, 0.6) is 0 Å². The Bertz CT molecular complexity index is 224. The molecule has 15 heavy (non-hydrogen) atoms. The van der Waals surface area contributed by atoms with Gasteiger partial charge in [0.2, 0.25) is 0 Å². The number of pyridine rings is 1. The van der Waals surface area contributed by atoms with Gasteiger partial charge in [-0.05, 0) is 26.1 Å². The van der Waals surface area contributed by atoms with Crippen molar-refractivity contribution in [2.45, 2.75) is 20.8 Å². The third-order valence-electron chi connectivity index (χ3n) is 1.99. The highest BCUT2D eigenvalue weighted by molar-refractivity contribution is 5.37. The molecule has 0 radical (unpaired) electrons. The van der Waals surface area contributed by atoms with Gasteiger partial charge in [-0.15, -0.1) is 0 Å². The molecule has 0 amide bonds. The monoisotopic (exact) mass is 209 g/mol. The highest BCUT2D eigenvalue weighted by Crippen LogP contribution is 2.07. The van der Waals surface area contributed by atoms with Crippen LogP contribution in [0.1, 0.15) is 20.8 Å². The van der Waals surface area contributed by atoms with Gasteiger partial charge in [0.25, 0.3) is 0 Å². The maximum Gasteiger partial charge on any atom is 0.128 e. The molecule has 0 aliphatic rings. The average molecular weight is 209 g/mol.